The van der Waals surface area contributed by atoms with E-state index in [2.05, 4.69) is 45.1 Å². The second-order valence-corrected chi connectivity index (χ2v) is 5.29. The van der Waals surface area contributed by atoms with Gasteiger partial charge in [-0.1, -0.05) is 18.2 Å². The maximum absolute atomic E-state index is 5.21. The van der Waals surface area contributed by atoms with Crippen LogP contribution in [0.3, 0.4) is 0 Å². The van der Waals surface area contributed by atoms with E-state index >= 15 is 0 Å². The Labute approximate surface area is 128 Å². The first-order valence-electron chi connectivity index (χ1n) is 7.23. The third-order valence-electron chi connectivity index (χ3n) is 3.93. The number of benzene rings is 2. The summed E-state index contributed by atoms with van der Waals surface area (Å²) in [4.78, 5) is 4.53. The van der Waals surface area contributed by atoms with Crippen molar-refractivity contribution in [1.29, 1.82) is 0 Å². The fraction of sp³-hybridized carbons (Fsp3) is 0.111. The molecule has 22 heavy (non-hydrogen) atoms. The van der Waals surface area contributed by atoms with E-state index in [0.717, 1.165) is 28.7 Å². The number of H-pyrrole nitrogens is 1. The number of nitrogens with zero attached hydrogens (tertiary/aromatic N) is 2. The zero-order valence-electron chi connectivity index (χ0n) is 12.3. The third-order valence-corrected chi connectivity index (χ3v) is 3.93. The van der Waals surface area contributed by atoms with Gasteiger partial charge in [-0.3, -0.25) is 0 Å². The molecule has 0 amide bonds. The minimum absolute atomic E-state index is 0.767. The molecule has 4 rings (SSSR count). The van der Waals surface area contributed by atoms with E-state index in [-0.39, 0.29) is 0 Å². The van der Waals surface area contributed by atoms with Crippen LogP contribution in [0.4, 0.5) is 0 Å². The van der Waals surface area contributed by atoms with Gasteiger partial charge < -0.3 is 4.74 Å². The van der Waals surface area contributed by atoms with E-state index in [1.807, 2.05) is 30.6 Å². The molecule has 0 spiro atoms. The summed E-state index contributed by atoms with van der Waals surface area (Å²) in [6.45, 7) is 0.767. The SMILES string of the molecule is COc1ccc(C[n+]2[nH]cc3ncc4ccccc4c32)cc1. The van der Waals surface area contributed by atoms with Crippen LogP contribution in [-0.4, -0.2) is 17.2 Å². The molecule has 108 valence electrons. The highest BCUT2D eigenvalue weighted by Crippen LogP contribution is 2.20. The molecule has 0 saturated carbocycles. The highest BCUT2D eigenvalue weighted by molar-refractivity contribution is 6.00. The summed E-state index contributed by atoms with van der Waals surface area (Å²) in [5, 5.41) is 5.67. The van der Waals surface area contributed by atoms with Crippen molar-refractivity contribution in [3.8, 4) is 5.75 Å². The first kappa shape index (κ1) is 12.8. The Balaban J connectivity index is 1.82. The van der Waals surface area contributed by atoms with Crippen molar-refractivity contribution in [2.24, 2.45) is 0 Å². The molecule has 2 heterocycles. The predicted octanol–water partition coefficient (Wildman–Crippen LogP) is 3.06. The topological polar surface area (TPSA) is 41.8 Å². The second-order valence-electron chi connectivity index (χ2n) is 5.29. The number of methoxy groups -OCH3 is 1. The Bertz CT molecular complexity index is 942. The van der Waals surface area contributed by atoms with Crippen LogP contribution < -0.4 is 9.42 Å². The zero-order chi connectivity index (χ0) is 14.9. The van der Waals surface area contributed by atoms with Crippen LogP contribution in [-0.2, 0) is 6.54 Å². The number of ether oxygens (including phenoxy) is 1. The van der Waals surface area contributed by atoms with Gasteiger partial charge >= 0.3 is 0 Å². The van der Waals surface area contributed by atoms with Gasteiger partial charge in [-0.15, -0.1) is 4.68 Å². The monoisotopic (exact) mass is 290 g/mol. The summed E-state index contributed by atoms with van der Waals surface area (Å²) in [6, 6.07) is 16.5. The number of rotatable bonds is 3. The van der Waals surface area contributed by atoms with Crippen LogP contribution in [0.5, 0.6) is 5.75 Å². The standard InChI is InChI=1S/C18H15N3O/c1-22-15-8-6-13(7-9-15)12-21-18-16-5-3-2-4-14(16)10-19-17(18)11-20-21/h2-11H,12H2,1H3/p+1. The molecule has 4 heteroatoms. The lowest BCUT2D eigenvalue weighted by molar-refractivity contribution is -0.718. The van der Waals surface area contributed by atoms with Gasteiger partial charge in [0.05, 0.1) is 18.7 Å². The maximum Gasteiger partial charge on any atom is 0.264 e. The molecular weight excluding hydrogens is 274 g/mol. The number of aromatic nitrogens is 3. The van der Waals surface area contributed by atoms with Gasteiger partial charge in [-0.25, -0.2) is 4.98 Å². The normalized spacial score (nSPS) is 11.1. The van der Waals surface area contributed by atoms with E-state index in [1.165, 1.54) is 10.9 Å². The number of pyridine rings is 1. The van der Waals surface area contributed by atoms with Crippen molar-refractivity contribution < 1.29 is 9.42 Å². The zero-order valence-corrected chi connectivity index (χ0v) is 12.3. The minimum atomic E-state index is 0.767. The lowest BCUT2D eigenvalue weighted by Crippen LogP contribution is -2.36. The molecule has 0 aliphatic heterocycles. The number of nitrogens with one attached hydrogen (secondary N) is 1. The second kappa shape index (κ2) is 5.15. The average molecular weight is 290 g/mol. The number of hydrogen-bond acceptors (Lipinski definition) is 2. The Hall–Kier alpha value is -2.88. The lowest BCUT2D eigenvalue weighted by atomic mass is 10.1. The highest BCUT2D eigenvalue weighted by Gasteiger charge is 2.16. The van der Waals surface area contributed by atoms with E-state index < -0.39 is 0 Å². The molecular formula is C18H16N3O+. The fourth-order valence-corrected chi connectivity index (χ4v) is 2.79. The molecule has 0 fully saturated rings. The van der Waals surface area contributed by atoms with Crippen LogP contribution in [0, 0.1) is 0 Å². The average Bonchev–Trinajstić information content (AvgIpc) is 2.99. The molecule has 2 aromatic carbocycles. The fourth-order valence-electron chi connectivity index (χ4n) is 2.79. The van der Waals surface area contributed by atoms with Crippen LogP contribution in [0.15, 0.2) is 60.9 Å². The number of fused-ring (bicyclic) bond motifs is 3. The summed E-state index contributed by atoms with van der Waals surface area (Å²) in [6.07, 6.45) is 3.87. The van der Waals surface area contributed by atoms with E-state index in [4.69, 9.17) is 4.74 Å². The summed E-state index contributed by atoms with van der Waals surface area (Å²) < 4.78 is 7.34. The molecule has 4 nitrogen and oxygen atoms in total. The third kappa shape index (κ3) is 2.09. The Morgan fingerprint density at radius 3 is 2.73 bits per heavy atom. The molecule has 0 bridgehead atoms. The summed E-state index contributed by atoms with van der Waals surface area (Å²) in [7, 11) is 1.68. The Morgan fingerprint density at radius 1 is 1.09 bits per heavy atom. The molecule has 0 aliphatic carbocycles. The lowest BCUT2D eigenvalue weighted by Gasteiger charge is -2.01. The van der Waals surface area contributed by atoms with Crippen molar-refractivity contribution in [3.63, 3.8) is 0 Å². The Morgan fingerprint density at radius 2 is 1.91 bits per heavy atom. The van der Waals surface area contributed by atoms with Crippen LogP contribution in [0.1, 0.15) is 5.56 Å². The summed E-state index contributed by atoms with van der Waals surface area (Å²) in [5.74, 6) is 0.872. The van der Waals surface area contributed by atoms with Crippen molar-refractivity contribution in [2.45, 2.75) is 6.54 Å². The largest absolute Gasteiger partial charge is 0.497 e. The molecule has 0 atom stereocenters. The quantitative estimate of drug-likeness (QED) is 0.589. The molecule has 4 aromatic rings. The molecule has 0 unspecified atom stereocenters. The van der Waals surface area contributed by atoms with Crippen molar-refractivity contribution in [1.82, 2.24) is 10.1 Å². The predicted molar refractivity (Wildman–Crippen MR) is 85.9 cm³/mol. The van der Waals surface area contributed by atoms with Gasteiger partial charge in [0.2, 0.25) is 0 Å². The van der Waals surface area contributed by atoms with Crippen molar-refractivity contribution >= 4 is 21.8 Å². The van der Waals surface area contributed by atoms with Gasteiger partial charge in [0.1, 0.15) is 5.75 Å². The van der Waals surface area contributed by atoms with E-state index in [1.54, 1.807) is 7.11 Å². The molecule has 0 saturated heterocycles. The van der Waals surface area contributed by atoms with Gasteiger partial charge in [0.15, 0.2) is 12.1 Å². The smallest absolute Gasteiger partial charge is 0.264 e. The molecule has 1 N–H and O–H groups in total. The highest BCUT2D eigenvalue weighted by atomic mass is 16.5. The van der Waals surface area contributed by atoms with E-state index in [9.17, 15) is 0 Å². The number of hydrogen-bond donors (Lipinski definition) is 1. The maximum atomic E-state index is 5.21. The molecule has 0 aliphatic rings. The van der Waals surface area contributed by atoms with Gasteiger partial charge in [0, 0.05) is 17.1 Å². The Kier molecular flexibility index (Phi) is 3.00. The van der Waals surface area contributed by atoms with Crippen LogP contribution >= 0.6 is 0 Å². The minimum Gasteiger partial charge on any atom is -0.497 e. The van der Waals surface area contributed by atoms with E-state index in [0.29, 0.717) is 0 Å². The molecule has 0 radical (unpaired) electrons. The van der Waals surface area contributed by atoms with Crippen LogP contribution in [0.2, 0.25) is 0 Å². The van der Waals surface area contributed by atoms with Crippen LogP contribution in [0.25, 0.3) is 21.8 Å². The first-order valence-corrected chi connectivity index (χ1v) is 7.23. The summed E-state index contributed by atoms with van der Waals surface area (Å²) >= 11 is 0. The van der Waals surface area contributed by atoms with Gasteiger partial charge in [-0.2, -0.15) is 5.10 Å². The molecule has 2 aromatic heterocycles. The van der Waals surface area contributed by atoms with Crippen molar-refractivity contribution in [3.05, 3.63) is 66.5 Å². The summed E-state index contributed by atoms with van der Waals surface area (Å²) in [5.41, 5.74) is 3.32. The van der Waals surface area contributed by atoms with Crippen molar-refractivity contribution in [2.75, 3.05) is 7.11 Å². The van der Waals surface area contributed by atoms with Gasteiger partial charge in [-0.05, 0) is 30.3 Å². The first-order chi connectivity index (χ1) is 10.8. The van der Waals surface area contributed by atoms with Gasteiger partial charge in [0.25, 0.3) is 5.52 Å². The number of aromatic amines is 1.